The summed E-state index contributed by atoms with van der Waals surface area (Å²) in [7, 11) is 0. The van der Waals surface area contributed by atoms with E-state index in [1.807, 2.05) is 6.79 Å². The maximum Gasteiger partial charge on any atom is 2.00 e. The fourth-order valence-electron chi connectivity index (χ4n) is 0. The predicted octanol–water partition coefficient (Wildman–Crippen LogP) is -6.18. The number of halogens is 2. The number of rotatable bonds is 0. The average molecular weight is 157 g/mol. The van der Waals surface area contributed by atoms with E-state index >= 15 is 0 Å². The van der Waals surface area contributed by atoms with Crippen molar-refractivity contribution < 1.29 is 46.7 Å². The summed E-state index contributed by atoms with van der Waals surface area (Å²) >= 11 is 0. The summed E-state index contributed by atoms with van der Waals surface area (Å²) in [5, 5.41) is 0. The summed E-state index contributed by atoms with van der Waals surface area (Å²) < 4.78 is 0. The van der Waals surface area contributed by atoms with Crippen molar-refractivity contribution in [1.29, 1.82) is 0 Å². The molecule has 0 aliphatic carbocycles. The molecule has 0 saturated carbocycles. The van der Waals surface area contributed by atoms with Crippen molar-refractivity contribution in [1.82, 2.24) is 0 Å². The van der Waals surface area contributed by atoms with E-state index in [-0.39, 0.29) is 41.9 Å². The Morgan fingerprint density at radius 3 is 1.00 bits per heavy atom. The molecule has 0 amide bonds. The molecule has 0 heterocycles. The van der Waals surface area contributed by atoms with Crippen molar-refractivity contribution in [2.45, 2.75) is 0 Å². The standard InChI is InChI=1S/CH2O.2ClH.Fe/c1-2;;;/h1H2;2*1H;/q;;;+2/p-2. The smallest absolute Gasteiger partial charge is 1.00 e. The molecule has 0 rings (SSSR count). The normalized spacial score (nSPS) is 0.800. The molecule has 0 aromatic heterocycles. The molecule has 0 saturated heterocycles. The van der Waals surface area contributed by atoms with Gasteiger partial charge in [-0.1, -0.05) is 0 Å². The molecule has 5 heavy (non-hydrogen) atoms. The van der Waals surface area contributed by atoms with E-state index in [2.05, 4.69) is 0 Å². The molecule has 34 valence electrons. The summed E-state index contributed by atoms with van der Waals surface area (Å²) in [6, 6.07) is 0. The van der Waals surface area contributed by atoms with Gasteiger partial charge >= 0.3 is 17.1 Å². The monoisotopic (exact) mass is 156 g/mol. The molecule has 0 radical (unpaired) electrons. The maximum absolute atomic E-state index is 8.00. The Kier molecular flexibility index (Phi) is 960. The van der Waals surface area contributed by atoms with Crippen LogP contribution < -0.4 is 24.8 Å². The number of carbonyl (C=O) groups is 1. The molecule has 4 heteroatoms. The van der Waals surface area contributed by atoms with Gasteiger partial charge in [-0.2, -0.15) is 0 Å². The molecule has 0 atom stereocenters. The largest absolute Gasteiger partial charge is 2.00 e. The molecule has 0 spiro atoms. The van der Waals surface area contributed by atoms with Crippen LogP contribution in [0.5, 0.6) is 0 Å². The van der Waals surface area contributed by atoms with Gasteiger partial charge in [0, 0.05) is 0 Å². The van der Waals surface area contributed by atoms with Gasteiger partial charge in [-0.15, -0.1) is 0 Å². The van der Waals surface area contributed by atoms with Crippen LogP contribution in [-0.2, 0) is 21.9 Å². The molecule has 0 unspecified atom stereocenters. The van der Waals surface area contributed by atoms with Gasteiger partial charge in [0.15, 0.2) is 0 Å². The summed E-state index contributed by atoms with van der Waals surface area (Å²) in [6.45, 7) is 2.00. The second-order valence-electron chi connectivity index (χ2n) is 0. The average Bonchev–Trinajstić information content (AvgIpc) is 1.00. The van der Waals surface area contributed by atoms with Gasteiger partial charge in [0.05, 0.1) is 0 Å². The van der Waals surface area contributed by atoms with Gasteiger partial charge in [-0.05, 0) is 0 Å². The zero-order valence-electron chi connectivity index (χ0n) is 2.22. The van der Waals surface area contributed by atoms with Gasteiger partial charge in [0.25, 0.3) is 0 Å². The van der Waals surface area contributed by atoms with Crippen molar-refractivity contribution in [3.63, 3.8) is 0 Å². The molecular formula is CH2Cl2FeO. The molecule has 0 aromatic carbocycles. The van der Waals surface area contributed by atoms with Crippen LogP contribution in [0, 0.1) is 0 Å². The number of hydrogen-bond acceptors (Lipinski definition) is 1. The minimum Gasteiger partial charge on any atom is -1.00 e. The molecule has 0 fully saturated rings. The van der Waals surface area contributed by atoms with Crippen LogP contribution in [0.2, 0.25) is 0 Å². The SMILES string of the molecule is C=O.[Cl-].[Cl-].[Fe+2]. The molecule has 0 bridgehead atoms. The van der Waals surface area contributed by atoms with Crippen LogP contribution in [0.25, 0.3) is 0 Å². The van der Waals surface area contributed by atoms with Crippen molar-refractivity contribution in [2.75, 3.05) is 0 Å². The summed E-state index contributed by atoms with van der Waals surface area (Å²) in [5.41, 5.74) is 0. The minimum atomic E-state index is 0. The Morgan fingerprint density at radius 2 is 1.00 bits per heavy atom. The van der Waals surface area contributed by atoms with Crippen molar-refractivity contribution in [3.8, 4) is 0 Å². The first-order valence-electron chi connectivity index (χ1n) is 0.289. The summed E-state index contributed by atoms with van der Waals surface area (Å²) in [4.78, 5) is 8.00. The Hall–Kier alpha value is 0.769. The summed E-state index contributed by atoms with van der Waals surface area (Å²) in [6.07, 6.45) is 0. The van der Waals surface area contributed by atoms with E-state index in [1.54, 1.807) is 0 Å². The van der Waals surface area contributed by atoms with Crippen LogP contribution in [0.3, 0.4) is 0 Å². The van der Waals surface area contributed by atoms with E-state index in [1.165, 1.54) is 0 Å². The second kappa shape index (κ2) is 114. The van der Waals surface area contributed by atoms with Gasteiger partial charge in [0.2, 0.25) is 0 Å². The Morgan fingerprint density at radius 1 is 1.00 bits per heavy atom. The van der Waals surface area contributed by atoms with Gasteiger partial charge < -0.3 is 29.6 Å². The van der Waals surface area contributed by atoms with Crippen LogP contribution in [0.4, 0.5) is 0 Å². The maximum atomic E-state index is 8.00. The molecule has 0 N–H and O–H groups in total. The van der Waals surface area contributed by atoms with Crippen molar-refractivity contribution in [3.05, 3.63) is 0 Å². The van der Waals surface area contributed by atoms with E-state index in [0.717, 1.165) is 0 Å². The Labute approximate surface area is 53.8 Å². The third kappa shape index (κ3) is 61.8. The molecule has 0 aromatic rings. The van der Waals surface area contributed by atoms with Gasteiger partial charge in [-0.3, -0.25) is 0 Å². The first kappa shape index (κ1) is 41.9. The second-order valence-corrected chi connectivity index (χ2v) is 0. The van der Waals surface area contributed by atoms with Crippen LogP contribution >= 0.6 is 0 Å². The third-order valence-electron chi connectivity index (χ3n) is 0. The van der Waals surface area contributed by atoms with Gasteiger partial charge in [0.1, 0.15) is 6.79 Å². The Bertz CT molecular complexity index is 9.61. The van der Waals surface area contributed by atoms with Crippen LogP contribution in [0.15, 0.2) is 0 Å². The topological polar surface area (TPSA) is 17.1 Å². The zero-order chi connectivity index (χ0) is 2.00. The first-order valence-corrected chi connectivity index (χ1v) is 0.289. The predicted molar refractivity (Wildman–Crippen MR) is 7.12 cm³/mol. The van der Waals surface area contributed by atoms with E-state index < -0.39 is 0 Å². The van der Waals surface area contributed by atoms with E-state index in [9.17, 15) is 0 Å². The minimum absolute atomic E-state index is 0. The van der Waals surface area contributed by atoms with Gasteiger partial charge in [-0.25, -0.2) is 0 Å². The van der Waals surface area contributed by atoms with Crippen molar-refractivity contribution >= 4 is 6.79 Å². The fourth-order valence-corrected chi connectivity index (χ4v) is 0. The van der Waals surface area contributed by atoms with E-state index in [0.29, 0.717) is 0 Å². The first-order chi connectivity index (χ1) is 1.00. The van der Waals surface area contributed by atoms with Crippen molar-refractivity contribution in [2.24, 2.45) is 0 Å². The number of hydrogen-bond donors (Lipinski definition) is 0. The molecule has 1 nitrogen and oxygen atoms in total. The van der Waals surface area contributed by atoms with Crippen LogP contribution in [-0.4, -0.2) is 6.79 Å². The molecule has 0 aliphatic rings. The fraction of sp³-hybridized carbons (Fsp3) is 0. The third-order valence-corrected chi connectivity index (χ3v) is 0. The molecular weight excluding hydrogens is 155 g/mol. The Balaban J connectivity index is -0.00000000167. The zero-order valence-corrected chi connectivity index (χ0v) is 4.84. The quantitative estimate of drug-likeness (QED) is 0.319. The molecule has 0 aliphatic heterocycles. The summed E-state index contributed by atoms with van der Waals surface area (Å²) in [5.74, 6) is 0. The van der Waals surface area contributed by atoms with E-state index in [4.69, 9.17) is 4.79 Å². The number of carbonyl (C=O) groups excluding carboxylic acids is 1. The van der Waals surface area contributed by atoms with Crippen LogP contribution in [0.1, 0.15) is 0 Å².